The summed E-state index contributed by atoms with van der Waals surface area (Å²) in [4.78, 5) is 27.6. The van der Waals surface area contributed by atoms with Crippen LogP contribution in [-0.4, -0.2) is 36.1 Å². The standard InChI is InChI=1S/C26H34O2.C6H15N.ClH/c1-2-3-4-5-6-7-8-9-10-12-17-22-18-15-16-21-24(22)26(28)25(27)23-19-13-11-14-20-23;1-4-7(5-2)6-3;/h11,13-16,18-21H,2-10,12,17H2,1H3;4-6H2,1-3H3;1H. The van der Waals surface area contributed by atoms with Gasteiger partial charge in [-0.2, -0.15) is 0 Å². The van der Waals surface area contributed by atoms with Crippen LogP contribution in [0.4, 0.5) is 0 Å². The van der Waals surface area contributed by atoms with Gasteiger partial charge in [-0.25, -0.2) is 0 Å². The van der Waals surface area contributed by atoms with Crippen molar-refractivity contribution in [1.29, 1.82) is 0 Å². The van der Waals surface area contributed by atoms with Crippen molar-refractivity contribution in [3.05, 3.63) is 71.3 Å². The van der Waals surface area contributed by atoms with E-state index >= 15 is 0 Å². The number of unbranched alkanes of at least 4 members (excludes halogenated alkanes) is 9. The number of hydrogen-bond donors (Lipinski definition) is 0. The molecule has 0 heterocycles. The third-order valence-corrected chi connectivity index (χ3v) is 6.65. The Morgan fingerprint density at radius 2 is 1.06 bits per heavy atom. The number of nitrogens with zero attached hydrogens (tertiary/aromatic N) is 1. The molecule has 0 aliphatic carbocycles. The number of ketones is 2. The topological polar surface area (TPSA) is 37.4 Å². The molecule has 0 fully saturated rings. The number of benzene rings is 2. The van der Waals surface area contributed by atoms with Gasteiger partial charge in [0.2, 0.25) is 11.6 Å². The normalized spacial score (nSPS) is 10.4. The van der Waals surface area contributed by atoms with Crippen molar-refractivity contribution < 1.29 is 9.59 Å². The maximum Gasteiger partial charge on any atom is 0.233 e. The van der Waals surface area contributed by atoms with E-state index in [9.17, 15) is 9.59 Å². The maximum absolute atomic E-state index is 12.7. The van der Waals surface area contributed by atoms with Crippen LogP contribution in [0.15, 0.2) is 54.6 Å². The van der Waals surface area contributed by atoms with Gasteiger partial charge in [-0.3, -0.25) is 9.59 Å². The summed E-state index contributed by atoms with van der Waals surface area (Å²) in [5, 5.41) is 0. The average molecular weight is 516 g/mol. The monoisotopic (exact) mass is 515 g/mol. The van der Waals surface area contributed by atoms with Gasteiger partial charge in [-0.15, -0.1) is 12.4 Å². The molecule has 0 aliphatic rings. The largest absolute Gasteiger partial charge is 0.304 e. The number of hydrogen-bond acceptors (Lipinski definition) is 3. The Hall–Kier alpha value is -1.97. The zero-order valence-corrected chi connectivity index (χ0v) is 24.1. The zero-order chi connectivity index (χ0) is 25.7. The van der Waals surface area contributed by atoms with Crippen molar-refractivity contribution in [2.24, 2.45) is 0 Å². The summed E-state index contributed by atoms with van der Waals surface area (Å²) in [5.41, 5.74) is 2.02. The molecule has 0 aliphatic heterocycles. The van der Waals surface area contributed by atoms with E-state index in [-0.39, 0.29) is 12.4 Å². The molecule has 0 N–H and O–H groups in total. The zero-order valence-electron chi connectivity index (χ0n) is 23.3. The molecule has 2 aromatic rings. The van der Waals surface area contributed by atoms with Crippen molar-refractivity contribution in [3.8, 4) is 0 Å². The molecule has 0 unspecified atom stereocenters. The molecule has 202 valence electrons. The highest BCUT2D eigenvalue weighted by Gasteiger charge is 2.20. The van der Waals surface area contributed by atoms with E-state index < -0.39 is 11.6 Å². The quantitative estimate of drug-likeness (QED) is 0.120. The van der Waals surface area contributed by atoms with Gasteiger partial charge in [-0.05, 0) is 38.0 Å². The van der Waals surface area contributed by atoms with Crippen LogP contribution in [0.2, 0.25) is 0 Å². The van der Waals surface area contributed by atoms with Crippen LogP contribution < -0.4 is 0 Å². The van der Waals surface area contributed by atoms with E-state index in [1.807, 2.05) is 24.3 Å². The molecule has 0 spiro atoms. The Morgan fingerprint density at radius 1 is 0.583 bits per heavy atom. The minimum atomic E-state index is -0.420. The highest BCUT2D eigenvalue weighted by Crippen LogP contribution is 2.17. The number of carbonyl (C=O) groups excluding carboxylic acids is 2. The first kappa shape index (κ1) is 34.0. The molecule has 4 heteroatoms. The predicted octanol–water partition coefficient (Wildman–Crippen LogP) is 8.99. The Morgan fingerprint density at radius 3 is 1.56 bits per heavy atom. The van der Waals surface area contributed by atoms with E-state index in [0.717, 1.165) is 18.4 Å². The second-order valence-corrected chi connectivity index (χ2v) is 9.23. The van der Waals surface area contributed by atoms with Gasteiger partial charge in [0, 0.05) is 11.1 Å². The van der Waals surface area contributed by atoms with Gasteiger partial charge >= 0.3 is 0 Å². The third-order valence-electron chi connectivity index (χ3n) is 6.65. The summed E-state index contributed by atoms with van der Waals surface area (Å²) in [7, 11) is 0. The minimum absolute atomic E-state index is 0. The van der Waals surface area contributed by atoms with Crippen LogP contribution in [0.1, 0.15) is 118 Å². The second kappa shape index (κ2) is 22.2. The first-order valence-electron chi connectivity index (χ1n) is 14.0. The SMILES string of the molecule is CCCCCCCCCCCCc1ccccc1C(=O)C(=O)c1ccccc1.CCN(CC)CC.Cl. The number of halogens is 1. The lowest BCUT2D eigenvalue weighted by Crippen LogP contribution is -2.21. The maximum atomic E-state index is 12.7. The van der Waals surface area contributed by atoms with Crippen LogP contribution in [-0.2, 0) is 6.42 Å². The van der Waals surface area contributed by atoms with Gasteiger partial charge in [0.15, 0.2) is 0 Å². The lowest BCUT2D eigenvalue weighted by molar-refractivity contribution is 0.0816. The van der Waals surface area contributed by atoms with Crippen molar-refractivity contribution in [2.75, 3.05) is 19.6 Å². The molecular formula is C32H50ClNO2. The molecule has 2 aromatic carbocycles. The van der Waals surface area contributed by atoms with E-state index in [0.29, 0.717) is 11.1 Å². The minimum Gasteiger partial charge on any atom is -0.304 e. The molecule has 0 bridgehead atoms. The fourth-order valence-corrected chi connectivity index (χ4v) is 4.28. The van der Waals surface area contributed by atoms with E-state index in [2.05, 4.69) is 32.6 Å². The smallest absolute Gasteiger partial charge is 0.233 e. The highest BCUT2D eigenvalue weighted by molar-refractivity contribution is 6.49. The fraction of sp³-hybridized carbons (Fsp3) is 0.562. The third kappa shape index (κ3) is 13.9. The van der Waals surface area contributed by atoms with E-state index in [1.54, 1.807) is 30.3 Å². The molecule has 0 amide bonds. The summed E-state index contributed by atoms with van der Waals surface area (Å²) in [5.74, 6) is -0.815. The van der Waals surface area contributed by atoms with Gasteiger partial charge in [0.05, 0.1) is 0 Å². The summed E-state index contributed by atoms with van der Waals surface area (Å²) in [6, 6.07) is 16.4. The van der Waals surface area contributed by atoms with E-state index in [4.69, 9.17) is 0 Å². The van der Waals surface area contributed by atoms with Crippen molar-refractivity contribution >= 4 is 24.0 Å². The lowest BCUT2D eigenvalue weighted by atomic mass is 9.94. The average Bonchev–Trinajstić information content (AvgIpc) is 2.91. The number of aryl methyl sites for hydroxylation is 1. The van der Waals surface area contributed by atoms with Crippen molar-refractivity contribution in [2.45, 2.75) is 98.3 Å². The molecule has 0 radical (unpaired) electrons. The van der Waals surface area contributed by atoms with Crippen LogP contribution in [0.5, 0.6) is 0 Å². The number of carbonyl (C=O) groups is 2. The lowest BCUT2D eigenvalue weighted by Gasteiger charge is -2.13. The molecule has 3 nitrogen and oxygen atoms in total. The Labute approximate surface area is 227 Å². The Bertz CT molecular complexity index is 812. The highest BCUT2D eigenvalue weighted by atomic mass is 35.5. The fourth-order valence-electron chi connectivity index (χ4n) is 4.28. The van der Waals surface area contributed by atoms with Crippen LogP contribution in [0.25, 0.3) is 0 Å². The molecule has 0 saturated carbocycles. The van der Waals surface area contributed by atoms with Crippen LogP contribution in [0.3, 0.4) is 0 Å². The van der Waals surface area contributed by atoms with Gasteiger partial charge < -0.3 is 4.90 Å². The van der Waals surface area contributed by atoms with Crippen LogP contribution in [0, 0.1) is 0 Å². The first-order chi connectivity index (χ1) is 17.1. The van der Waals surface area contributed by atoms with Gasteiger partial charge in [-0.1, -0.05) is 140 Å². The predicted molar refractivity (Wildman–Crippen MR) is 158 cm³/mol. The summed E-state index contributed by atoms with van der Waals surface area (Å²) < 4.78 is 0. The Balaban J connectivity index is 0.00000134. The number of Topliss-reactive ketones (excluding diaryl/α,β-unsaturated/α-hetero) is 2. The molecular weight excluding hydrogens is 466 g/mol. The molecule has 0 saturated heterocycles. The van der Waals surface area contributed by atoms with Gasteiger partial charge in [0.25, 0.3) is 0 Å². The van der Waals surface area contributed by atoms with E-state index in [1.165, 1.54) is 77.4 Å². The molecule has 0 atom stereocenters. The molecule has 0 aromatic heterocycles. The van der Waals surface area contributed by atoms with Gasteiger partial charge in [0.1, 0.15) is 0 Å². The summed E-state index contributed by atoms with van der Waals surface area (Å²) in [6.07, 6.45) is 13.8. The number of rotatable bonds is 17. The van der Waals surface area contributed by atoms with Crippen molar-refractivity contribution in [1.82, 2.24) is 4.90 Å². The molecule has 2 rings (SSSR count). The first-order valence-corrected chi connectivity index (χ1v) is 14.0. The second-order valence-electron chi connectivity index (χ2n) is 9.23. The Kier molecular flexibility index (Phi) is 21.0. The summed E-state index contributed by atoms with van der Waals surface area (Å²) >= 11 is 0. The van der Waals surface area contributed by atoms with Crippen molar-refractivity contribution in [3.63, 3.8) is 0 Å². The summed E-state index contributed by atoms with van der Waals surface area (Å²) in [6.45, 7) is 12.4. The molecule has 36 heavy (non-hydrogen) atoms. The van der Waals surface area contributed by atoms with Crippen LogP contribution >= 0.6 is 12.4 Å².